The summed E-state index contributed by atoms with van der Waals surface area (Å²) >= 11 is 4.84. The first-order valence-electron chi connectivity index (χ1n) is 7.54. The summed E-state index contributed by atoms with van der Waals surface area (Å²) in [6, 6.07) is 4.12. The van der Waals surface area contributed by atoms with Crippen LogP contribution in [-0.4, -0.2) is 28.3 Å². The second-order valence-corrected chi connectivity index (χ2v) is 8.60. The molecule has 0 saturated heterocycles. The Balaban J connectivity index is 1.59. The molecule has 2 amide bonds. The Labute approximate surface area is 145 Å². The summed E-state index contributed by atoms with van der Waals surface area (Å²) in [5.41, 5.74) is 1.91. The van der Waals surface area contributed by atoms with Gasteiger partial charge in [0.25, 0.3) is 0 Å². The summed E-state index contributed by atoms with van der Waals surface area (Å²) in [5, 5.41) is 6.55. The minimum atomic E-state index is -0.152. The van der Waals surface area contributed by atoms with Crippen molar-refractivity contribution in [1.29, 1.82) is 0 Å². The maximum atomic E-state index is 12.1. The highest BCUT2D eigenvalue weighted by atomic mass is 32.2. The van der Waals surface area contributed by atoms with Crippen LogP contribution in [0.1, 0.15) is 25.7 Å². The first kappa shape index (κ1) is 15.2. The number of amides is 2. The lowest BCUT2D eigenvalue weighted by atomic mass is 10.3. The fourth-order valence-electron chi connectivity index (χ4n) is 2.88. The van der Waals surface area contributed by atoms with Gasteiger partial charge in [-0.05, 0) is 31.2 Å². The molecule has 1 aromatic carbocycles. The minimum absolute atomic E-state index is 0.152. The van der Waals surface area contributed by atoms with Crippen molar-refractivity contribution in [2.24, 2.45) is 0 Å². The fourth-order valence-corrected chi connectivity index (χ4v) is 5.54. The third-order valence-electron chi connectivity index (χ3n) is 3.98. The van der Waals surface area contributed by atoms with E-state index in [4.69, 9.17) is 0 Å². The number of urea groups is 1. The molecule has 0 radical (unpaired) electrons. The third-order valence-corrected chi connectivity index (χ3v) is 7.19. The van der Waals surface area contributed by atoms with Gasteiger partial charge in [-0.15, -0.1) is 11.3 Å². The van der Waals surface area contributed by atoms with Crippen molar-refractivity contribution in [3.05, 3.63) is 12.1 Å². The molecule has 0 atom stereocenters. The quantitative estimate of drug-likeness (QED) is 0.662. The second-order valence-electron chi connectivity index (χ2n) is 5.54. The van der Waals surface area contributed by atoms with Crippen LogP contribution >= 0.6 is 34.4 Å². The standard InChI is InChI=1S/C15H16N4OS3/c1-21-15-18-10-7-6-9-11(12(10)23-15)22-14(17-9)19-13(20)16-8-4-2-3-5-8/h6-8H,2-5H2,1H3,(H2,16,17,19,20). The zero-order chi connectivity index (χ0) is 15.8. The number of fused-ring (bicyclic) bond motifs is 3. The maximum Gasteiger partial charge on any atom is 0.321 e. The van der Waals surface area contributed by atoms with E-state index in [1.165, 1.54) is 24.2 Å². The maximum absolute atomic E-state index is 12.1. The number of rotatable bonds is 3. The van der Waals surface area contributed by atoms with Gasteiger partial charge in [0.15, 0.2) is 9.47 Å². The fraction of sp³-hybridized carbons (Fsp3) is 0.400. The van der Waals surface area contributed by atoms with Crippen molar-refractivity contribution < 1.29 is 4.79 Å². The molecule has 1 aliphatic rings. The average Bonchev–Trinajstić information content (AvgIpc) is 3.23. The second kappa shape index (κ2) is 6.26. The van der Waals surface area contributed by atoms with Gasteiger partial charge in [0.1, 0.15) is 0 Å². The molecular weight excluding hydrogens is 348 g/mol. The summed E-state index contributed by atoms with van der Waals surface area (Å²) in [5.74, 6) is 0. The molecule has 4 rings (SSSR count). The highest BCUT2D eigenvalue weighted by molar-refractivity contribution is 8.00. The molecule has 1 fully saturated rings. The molecule has 8 heteroatoms. The monoisotopic (exact) mass is 364 g/mol. The Hall–Kier alpha value is -1.38. The van der Waals surface area contributed by atoms with E-state index in [0.29, 0.717) is 11.2 Å². The largest absolute Gasteiger partial charge is 0.335 e. The van der Waals surface area contributed by atoms with E-state index in [1.807, 2.05) is 18.4 Å². The summed E-state index contributed by atoms with van der Waals surface area (Å²) in [7, 11) is 0. The van der Waals surface area contributed by atoms with Crippen LogP contribution in [0.5, 0.6) is 0 Å². The number of anilines is 1. The number of thiazole rings is 2. The van der Waals surface area contributed by atoms with Gasteiger partial charge in [-0.2, -0.15) is 0 Å². The highest BCUT2D eigenvalue weighted by Gasteiger charge is 2.18. The summed E-state index contributed by atoms with van der Waals surface area (Å²) in [6.45, 7) is 0. The van der Waals surface area contributed by atoms with Crippen molar-refractivity contribution >= 4 is 66.0 Å². The summed E-state index contributed by atoms with van der Waals surface area (Å²) in [6.07, 6.45) is 6.58. The van der Waals surface area contributed by atoms with Gasteiger partial charge < -0.3 is 5.32 Å². The number of carbonyl (C=O) groups is 1. The normalized spacial score (nSPS) is 15.5. The van der Waals surface area contributed by atoms with Crippen molar-refractivity contribution in [1.82, 2.24) is 15.3 Å². The van der Waals surface area contributed by atoms with Crippen LogP contribution in [0.15, 0.2) is 16.5 Å². The van der Waals surface area contributed by atoms with E-state index in [2.05, 4.69) is 20.6 Å². The number of carbonyl (C=O) groups excluding carboxylic acids is 1. The first-order chi connectivity index (χ1) is 11.2. The van der Waals surface area contributed by atoms with Gasteiger partial charge in [-0.1, -0.05) is 35.9 Å². The predicted molar refractivity (Wildman–Crippen MR) is 99.0 cm³/mol. The Bertz CT molecular complexity index is 866. The van der Waals surface area contributed by atoms with Crippen LogP contribution in [0.3, 0.4) is 0 Å². The molecule has 0 spiro atoms. The Morgan fingerprint density at radius 2 is 1.87 bits per heavy atom. The van der Waals surface area contributed by atoms with Crippen LogP contribution in [0, 0.1) is 0 Å². The van der Waals surface area contributed by atoms with E-state index in [-0.39, 0.29) is 6.03 Å². The molecular formula is C15H16N4OS3. The first-order valence-corrected chi connectivity index (χ1v) is 10.4. The Morgan fingerprint density at radius 1 is 1.17 bits per heavy atom. The molecule has 0 bridgehead atoms. The lowest BCUT2D eigenvalue weighted by molar-refractivity contribution is 0.248. The minimum Gasteiger partial charge on any atom is -0.335 e. The van der Waals surface area contributed by atoms with Gasteiger partial charge in [0.2, 0.25) is 0 Å². The van der Waals surface area contributed by atoms with Crippen molar-refractivity contribution in [3.8, 4) is 0 Å². The van der Waals surface area contributed by atoms with E-state index in [9.17, 15) is 4.79 Å². The van der Waals surface area contributed by atoms with E-state index >= 15 is 0 Å². The number of aromatic nitrogens is 2. The zero-order valence-corrected chi connectivity index (χ0v) is 15.0. The van der Waals surface area contributed by atoms with Gasteiger partial charge in [0.05, 0.1) is 20.4 Å². The molecule has 3 aromatic rings. The summed E-state index contributed by atoms with van der Waals surface area (Å²) < 4.78 is 3.29. The number of benzene rings is 1. The van der Waals surface area contributed by atoms with Crippen molar-refractivity contribution in [2.75, 3.05) is 11.6 Å². The van der Waals surface area contributed by atoms with Crippen LogP contribution in [-0.2, 0) is 0 Å². The lowest BCUT2D eigenvalue weighted by Gasteiger charge is -2.11. The molecule has 0 unspecified atom stereocenters. The molecule has 1 aliphatic carbocycles. The number of thioether (sulfide) groups is 1. The molecule has 120 valence electrons. The van der Waals surface area contributed by atoms with Crippen molar-refractivity contribution in [2.45, 2.75) is 36.1 Å². The SMILES string of the molecule is CSc1nc2ccc3nc(NC(=O)NC4CCCC4)sc3c2s1. The lowest BCUT2D eigenvalue weighted by Crippen LogP contribution is -2.36. The molecule has 1 saturated carbocycles. The molecule has 0 aliphatic heterocycles. The van der Waals surface area contributed by atoms with Gasteiger partial charge in [0, 0.05) is 6.04 Å². The average molecular weight is 365 g/mol. The molecule has 2 heterocycles. The Kier molecular flexibility index (Phi) is 4.13. The zero-order valence-electron chi connectivity index (χ0n) is 12.6. The van der Waals surface area contributed by atoms with Crippen LogP contribution in [0.4, 0.5) is 9.93 Å². The molecule has 5 nitrogen and oxygen atoms in total. The summed E-state index contributed by atoms with van der Waals surface area (Å²) in [4.78, 5) is 21.2. The van der Waals surface area contributed by atoms with E-state index in [0.717, 1.165) is 37.6 Å². The number of hydrogen-bond acceptors (Lipinski definition) is 6. The number of nitrogens with zero attached hydrogens (tertiary/aromatic N) is 2. The number of hydrogen-bond donors (Lipinski definition) is 2. The van der Waals surface area contributed by atoms with Gasteiger partial charge in [-0.3, -0.25) is 5.32 Å². The Morgan fingerprint density at radius 3 is 2.61 bits per heavy atom. The van der Waals surface area contributed by atoms with Gasteiger partial charge >= 0.3 is 6.03 Å². The molecule has 2 N–H and O–H groups in total. The smallest absolute Gasteiger partial charge is 0.321 e. The highest BCUT2D eigenvalue weighted by Crippen LogP contribution is 2.37. The predicted octanol–water partition coefficient (Wildman–Crippen LogP) is 4.69. The van der Waals surface area contributed by atoms with Crippen LogP contribution in [0.2, 0.25) is 0 Å². The van der Waals surface area contributed by atoms with Gasteiger partial charge in [-0.25, -0.2) is 14.8 Å². The van der Waals surface area contributed by atoms with Crippen LogP contribution < -0.4 is 10.6 Å². The topological polar surface area (TPSA) is 66.9 Å². The van der Waals surface area contributed by atoms with Crippen molar-refractivity contribution in [3.63, 3.8) is 0 Å². The molecule has 23 heavy (non-hydrogen) atoms. The van der Waals surface area contributed by atoms with E-state index in [1.54, 1.807) is 23.1 Å². The van der Waals surface area contributed by atoms with E-state index < -0.39 is 0 Å². The molecule has 2 aromatic heterocycles. The van der Waals surface area contributed by atoms with Crippen LogP contribution in [0.25, 0.3) is 20.4 Å². The third kappa shape index (κ3) is 3.02. The number of nitrogens with one attached hydrogen (secondary N) is 2.